The third-order valence-corrected chi connectivity index (χ3v) is 3.52. The molecular formula is C18H24O. The first kappa shape index (κ1) is 13.9. The van der Waals surface area contributed by atoms with Crippen molar-refractivity contribution < 1.29 is 4.74 Å². The second-order valence-electron chi connectivity index (χ2n) is 5.48. The number of unbranched alkanes of at least 4 members (excludes halogenated alkanes) is 2. The van der Waals surface area contributed by atoms with Crippen molar-refractivity contribution in [2.75, 3.05) is 6.61 Å². The second-order valence-corrected chi connectivity index (χ2v) is 5.48. The van der Waals surface area contributed by atoms with Crippen LogP contribution in [0.25, 0.3) is 10.8 Å². The topological polar surface area (TPSA) is 9.23 Å². The molecular weight excluding hydrogens is 232 g/mol. The highest BCUT2D eigenvalue weighted by Gasteiger charge is 2.02. The van der Waals surface area contributed by atoms with Gasteiger partial charge in [-0.3, -0.25) is 0 Å². The Morgan fingerprint density at radius 1 is 0.947 bits per heavy atom. The summed E-state index contributed by atoms with van der Waals surface area (Å²) in [5.74, 6) is 1.57. The molecule has 19 heavy (non-hydrogen) atoms. The van der Waals surface area contributed by atoms with E-state index in [4.69, 9.17) is 4.74 Å². The summed E-state index contributed by atoms with van der Waals surface area (Å²) < 4.78 is 5.79. The van der Waals surface area contributed by atoms with Crippen molar-refractivity contribution in [3.63, 3.8) is 0 Å². The second kappa shape index (κ2) is 6.60. The smallest absolute Gasteiger partial charge is 0.119 e. The van der Waals surface area contributed by atoms with E-state index in [1.165, 1.54) is 29.2 Å². The van der Waals surface area contributed by atoms with Gasteiger partial charge in [0.25, 0.3) is 0 Å². The van der Waals surface area contributed by atoms with Gasteiger partial charge in [-0.1, -0.05) is 57.9 Å². The van der Waals surface area contributed by atoms with Gasteiger partial charge in [-0.2, -0.15) is 0 Å². The average molecular weight is 256 g/mol. The standard InChI is InChI=1S/C18H24O/c1-4-5-6-11-19-18-10-9-16-12-15(14(2)3)7-8-17(16)13-18/h7-10,12-14H,4-6,11H2,1-3H3. The fourth-order valence-electron chi connectivity index (χ4n) is 2.23. The number of rotatable bonds is 6. The minimum atomic E-state index is 0.578. The number of ether oxygens (including phenoxy) is 1. The highest BCUT2D eigenvalue weighted by molar-refractivity contribution is 5.84. The van der Waals surface area contributed by atoms with Gasteiger partial charge in [0.1, 0.15) is 5.75 Å². The largest absolute Gasteiger partial charge is 0.494 e. The lowest BCUT2D eigenvalue weighted by Gasteiger charge is -2.09. The molecule has 0 aliphatic carbocycles. The van der Waals surface area contributed by atoms with Crippen molar-refractivity contribution in [2.45, 2.75) is 46.0 Å². The SMILES string of the molecule is CCCCCOc1ccc2cc(C(C)C)ccc2c1. The number of hydrogen-bond donors (Lipinski definition) is 0. The van der Waals surface area contributed by atoms with Gasteiger partial charge in [-0.15, -0.1) is 0 Å². The molecule has 0 spiro atoms. The molecule has 0 aliphatic rings. The van der Waals surface area contributed by atoms with E-state index < -0.39 is 0 Å². The lowest BCUT2D eigenvalue weighted by atomic mass is 9.99. The molecule has 1 heteroatoms. The van der Waals surface area contributed by atoms with Crippen LogP contribution < -0.4 is 4.74 Å². The van der Waals surface area contributed by atoms with Crippen molar-refractivity contribution in [1.82, 2.24) is 0 Å². The van der Waals surface area contributed by atoms with Crippen LogP contribution in [-0.4, -0.2) is 6.61 Å². The Hall–Kier alpha value is -1.50. The Morgan fingerprint density at radius 3 is 2.42 bits per heavy atom. The van der Waals surface area contributed by atoms with Gasteiger partial charge in [-0.05, 0) is 40.8 Å². The monoisotopic (exact) mass is 256 g/mol. The van der Waals surface area contributed by atoms with Crippen LogP contribution in [0.4, 0.5) is 0 Å². The zero-order valence-electron chi connectivity index (χ0n) is 12.3. The van der Waals surface area contributed by atoms with Gasteiger partial charge in [0.15, 0.2) is 0 Å². The van der Waals surface area contributed by atoms with Crippen molar-refractivity contribution in [3.05, 3.63) is 42.0 Å². The quantitative estimate of drug-likeness (QED) is 0.617. The Kier molecular flexibility index (Phi) is 4.84. The molecule has 0 heterocycles. The van der Waals surface area contributed by atoms with Crippen molar-refractivity contribution >= 4 is 10.8 Å². The fraction of sp³-hybridized carbons (Fsp3) is 0.444. The van der Waals surface area contributed by atoms with Gasteiger partial charge in [0, 0.05) is 0 Å². The Balaban J connectivity index is 2.10. The molecule has 0 atom stereocenters. The van der Waals surface area contributed by atoms with E-state index in [9.17, 15) is 0 Å². The predicted octanol–water partition coefficient (Wildman–Crippen LogP) is 5.53. The van der Waals surface area contributed by atoms with E-state index in [2.05, 4.69) is 57.2 Å². The Morgan fingerprint density at radius 2 is 1.68 bits per heavy atom. The van der Waals surface area contributed by atoms with Crippen molar-refractivity contribution in [2.24, 2.45) is 0 Å². The van der Waals surface area contributed by atoms with Crippen LogP contribution in [0.2, 0.25) is 0 Å². The highest BCUT2D eigenvalue weighted by Crippen LogP contribution is 2.25. The summed E-state index contributed by atoms with van der Waals surface area (Å²) in [6.45, 7) is 7.49. The van der Waals surface area contributed by atoms with Gasteiger partial charge in [0.05, 0.1) is 6.61 Å². The third kappa shape index (κ3) is 3.73. The summed E-state index contributed by atoms with van der Waals surface area (Å²) in [7, 11) is 0. The van der Waals surface area contributed by atoms with Crippen LogP contribution in [0.1, 0.15) is 51.5 Å². The normalized spacial score (nSPS) is 11.2. The maximum absolute atomic E-state index is 5.79. The zero-order valence-corrected chi connectivity index (χ0v) is 12.3. The number of benzene rings is 2. The summed E-state index contributed by atoms with van der Waals surface area (Å²) in [6, 6.07) is 13.1. The van der Waals surface area contributed by atoms with Crippen LogP contribution in [0, 0.1) is 0 Å². The van der Waals surface area contributed by atoms with Crippen molar-refractivity contribution in [1.29, 1.82) is 0 Å². The van der Waals surface area contributed by atoms with Gasteiger partial charge >= 0.3 is 0 Å². The summed E-state index contributed by atoms with van der Waals surface area (Å²) in [6.07, 6.45) is 3.62. The molecule has 0 N–H and O–H groups in total. The predicted molar refractivity (Wildman–Crippen MR) is 83.1 cm³/mol. The van der Waals surface area contributed by atoms with Crippen molar-refractivity contribution in [3.8, 4) is 5.75 Å². The third-order valence-electron chi connectivity index (χ3n) is 3.52. The van der Waals surface area contributed by atoms with Crippen LogP contribution in [0.3, 0.4) is 0 Å². The van der Waals surface area contributed by atoms with E-state index in [1.54, 1.807) is 0 Å². The molecule has 0 unspecified atom stereocenters. The first-order valence-corrected chi connectivity index (χ1v) is 7.37. The molecule has 0 bridgehead atoms. The molecule has 0 saturated carbocycles. The van der Waals surface area contributed by atoms with Gasteiger partial charge < -0.3 is 4.74 Å². The zero-order chi connectivity index (χ0) is 13.7. The van der Waals surface area contributed by atoms with Crippen LogP contribution in [-0.2, 0) is 0 Å². The maximum atomic E-state index is 5.79. The lowest BCUT2D eigenvalue weighted by molar-refractivity contribution is 0.306. The average Bonchev–Trinajstić information content (AvgIpc) is 2.43. The molecule has 0 radical (unpaired) electrons. The molecule has 2 rings (SSSR count). The molecule has 1 nitrogen and oxygen atoms in total. The van der Waals surface area contributed by atoms with E-state index in [-0.39, 0.29) is 0 Å². The van der Waals surface area contributed by atoms with Crippen LogP contribution in [0.5, 0.6) is 5.75 Å². The summed E-state index contributed by atoms with van der Waals surface area (Å²) in [4.78, 5) is 0. The first-order chi connectivity index (χ1) is 9.20. The first-order valence-electron chi connectivity index (χ1n) is 7.37. The minimum Gasteiger partial charge on any atom is -0.494 e. The number of fused-ring (bicyclic) bond motifs is 1. The Bertz CT molecular complexity index is 528. The summed E-state index contributed by atoms with van der Waals surface area (Å²) in [5, 5.41) is 2.56. The molecule has 0 aliphatic heterocycles. The molecule has 2 aromatic carbocycles. The Labute approximate surface area is 116 Å². The molecule has 2 aromatic rings. The number of hydrogen-bond acceptors (Lipinski definition) is 1. The lowest BCUT2D eigenvalue weighted by Crippen LogP contribution is -1.96. The molecule has 0 fully saturated rings. The van der Waals surface area contributed by atoms with Gasteiger partial charge in [0.2, 0.25) is 0 Å². The van der Waals surface area contributed by atoms with E-state index >= 15 is 0 Å². The summed E-state index contributed by atoms with van der Waals surface area (Å²) >= 11 is 0. The maximum Gasteiger partial charge on any atom is 0.119 e. The van der Waals surface area contributed by atoms with E-state index in [0.29, 0.717) is 5.92 Å². The minimum absolute atomic E-state index is 0.578. The van der Waals surface area contributed by atoms with E-state index in [1.807, 2.05) is 0 Å². The fourth-order valence-corrected chi connectivity index (χ4v) is 2.23. The molecule has 0 aromatic heterocycles. The molecule has 102 valence electrons. The van der Waals surface area contributed by atoms with E-state index in [0.717, 1.165) is 18.8 Å². The van der Waals surface area contributed by atoms with Gasteiger partial charge in [-0.25, -0.2) is 0 Å². The molecule has 0 amide bonds. The highest BCUT2D eigenvalue weighted by atomic mass is 16.5. The summed E-state index contributed by atoms with van der Waals surface area (Å²) in [5.41, 5.74) is 1.39. The molecule has 0 saturated heterocycles. The van der Waals surface area contributed by atoms with Crippen LogP contribution >= 0.6 is 0 Å². The van der Waals surface area contributed by atoms with Crippen LogP contribution in [0.15, 0.2) is 36.4 Å².